The fraction of sp³-hybridized carbons (Fsp3) is 0.0714. The number of pyridine rings is 1. The van der Waals surface area contributed by atoms with Gasteiger partial charge < -0.3 is 10.6 Å². The van der Waals surface area contributed by atoms with Crippen LogP contribution in [0.2, 0.25) is 5.02 Å². The minimum atomic E-state index is -0.303. The maximum absolute atomic E-state index is 12.2. The molecule has 5 nitrogen and oxygen atoms in total. The number of rotatable bonds is 3. The van der Waals surface area contributed by atoms with Gasteiger partial charge in [0.2, 0.25) is 0 Å². The van der Waals surface area contributed by atoms with Crippen molar-refractivity contribution >= 4 is 28.9 Å². The fourth-order valence-electron chi connectivity index (χ4n) is 1.68. The number of amides is 1. The zero-order chi connectivity index (χ0) is 14.5. The molecule has 2 aromatic rings. The molecule has 0 bridgehead atoms. The predicted octanol–water partition coefficient (Wildman–Crippen LogP) is 2.90. The minimum absolute atomic E-state index is 0.297. The molecule has 0 fully saturated rings. The second-order valence-corrected chi connectivity index (χ2v) is 4.34. The lowest BCUT2D eigenvalue weighted by Crippen LogP contribution is -2.14. The summed E-state index contributed by atoms with van der Waals surface area (Å²) in [6.45, 7) is 0. The van der Waals surface area contributed by atoms with Gasteiger partial charge in [0.25, 0.3) is 5.91 Å². The van der Waals surface area contributed by atoms with Crippen molar-refractivity contribution in [3.8, 4) is 6.07 Å². The summed E-state index contributed by atoms with van der Waals surface area (Å²) in [7, 11) is 1.73. The van der Waals surface area contributed by atoms with Gasteiger partial charge in [0.05, 0.1) is 16.1 Å². The number of nitriles is 1. The van der Waals surface area contributed by atoms with E-state index in [-0.39, 0.29) is 5.91 Å². The van der Waals surface area contributed by atoms with Crippen molar-refractivity contribution in [1.29, 1.82) is 5.26 Å². The summed E-state index contributed by atoms with van der Waals surface area (Å²) >= 11 is 5.92. The Morgan fingerprint density at radius 3 is 2.85 bits per heavy atom. The summed E-state index contributed by atoms with van der Waals surface area (Å²) in [4.78, 5) is 16.1. The molecule has 6 heteroatoms. The van der Waals surface area contributed by atoms with Crippen molar-refractivity contribution in [2.45, 2.75) is 0 Å². The summed E-state index contributed by atoms with van der Waals surface area (Å²) in [5, 5.41) is 14.7. The first kappa shape index (κ1) is 13.8. The number of aromatic nitrogens is 1. The first-order valence-electron chi connectivity index (χ1n) is 5.78. The van der Waals surface area contributed by atoms with Crippen LogP contribution in [-0.4, -0.2) is 17.9 Å². The first-order chi connectivity index (χ1) is 9.65. The summed E-state index contributed by atoms with van der Waals surface area (Å²) in [5.74, 6) is -0.303. The maximum atomic E-state index is 12.2. The molecule has 0 aliphatic heterocycles. The van der Waals surface area contributed by atoms with Crippen LogP contribution < -0.4 is 10.6 Å². The van der Waals surface area contributed by atoms with Gasteiger partial charge in [0.1, 0.15) is 6.07 Å². The topological polar surface area (TPSA) is 77.8 Å². The SMILES string of the molecule is CNc1ccncc1C(=O)Nc1ccc(C#N)c(Cl)c1. The average molecular weight is 287 g/mol. The van der Waals surface area contributed by atoms with Gasteiger partial charge in [0.15, 0.2) is 0 Å². The number of carbonyl (C=O) groups is 1. The normalized spacial score (nSPS) is 9.65. The first-order valence-corrected chi connectivity index (χ1v) is 6.16. The standard InChI is InChI=1S/C14H11ClN4O/c1-17-13-4-5-18-8-11(13)14(20)19-10-3-2-9(7-16)12(15)6-10/h2-6,8H,1H3,(H,17,18)(H,19,20). The van der Waals surface area contributed by atoms with Crippen LogP contribution in [0, 0.1) is 11.3 Å². The third-order valence-electron chi connectivity index (χ3n) is 2.68. The smallest absolute Gasteiger partial charge is 0.259 e. The van der Waals surface area contributed by atoms with Gasteiger partial charge in [-0.15, -0.1) is 0 Å². The number of nitrogens with one attached hydrogen (secondary N) is 2. The molecule has 0 aliphatic rings. The quantitative estimate of drug-likeness (QED) is 0.909. The molecule has 100 valence electrons. The molecule has 0 radical (unpaired) electrons. The van der Waals surface area contributed by atoms with Crippen LogP contribution in [0.4, 0.5) is 11.4 Å². The Morgan fingerprint density at radius 1 is 1.40 bits per heavy atom. The van der Waals surface area contributed by atoms with Crippen LogP contribution >= 0.6 is 11.6 Å². The van der Waals surface area contributed by atoms with Crippen molar-refractivity contribution < 1.29 is 4.79 Å². The van der Waals surface area contributed by atoms with Crippen LogP contribution in [0.15, 0.2) is 36.7 Å². The van der Waals surface area contributed by atoms with Gasteiger partial charge in [-0.05, 0) is 24.3 Å². The van der Waals surface area contributed by atoms with E-state index in [4.69, 9.17) is 16.9 Å². The number of carbonyl (C=O) groups excluding carboxylic acids is 1. The Morgan fingerprint density at radius 2 is 2.20 bits per heavy atom. The highest BCUT2D eigenvalue weighted by Gasteiger charge is 2.11. The largest absolute Gasteiger partial charge is 0.387 e. The van der Waals surface area contributed by atoms with E-state index in [1.54, 1.807) is 31.4 Å². The molecule has 1 aromatic carbocycles. The molecule has 20 heavy (non-hydrogen) atoms. The van der Waals surface area contributed by atoms with Gasteiger partial charge in [-0.1, -0.05) is 11.6 Å². The van der Waals surface area contributed by atoms with Gasteiger partial charge in [0, 0.05) is 30.8 Å². The van der Waals surface area contributed by atoms with Crippen LogP contribution in [0.5, 0.6) is 0 Å². The molecule has 0 unspecified atom stereocenters. The molecule has 0 atom stereocenters. The van der Waals surface area contributed by atoms with Gasteiger partial charge >= 0.3 is 0 Å². The van der Waals surface area contributed by atoms with Gasteiger partial charge in [-0.25, -0.2) is 0 Å². The lowest BCUT2D eigenvalue weighted by atomic mass is 10.2. The number of hydrogen-bond donors (Lipinski definition) is 2. The monoisotopic (exact) mass is 286 g/mol. The van der Waals surface area contributed by atoms with E-state index in [1.165, 1.54) is 12.3 Å². The van der Waals surface area contributed by atoms with E-state index in [0.29, 0.717) is 27.5 Å². The lowest BCUT2D eigenvalue weighted by Gasteiger charge is -2.09. The van der Waals surface area contributed by atoms with E-state index in [1.807, 2.05) is 6.07 Å². The van der Waals surface area contributed by atoms with Crippen LogP contribution in [0.25, 0.3) is 0 Å². The van der Waals surface area contributed by atoms with Crippen molar-refractivity contribution in [3.05, 3.63) is 52.8 Å². The van der Waals surface area contributed by atoms with Crippen molar-refractivity contribution in [2.75, 3.05) is 17.7 Å². The molecule has 2 rings (SSSR count). The highest BCUT2D eigenvalue weighted by Crippen LogP contribution is 2.21. The average Bonchev–Trinajstić information content (AvgIpc) is 2.47. The van der Waals surface area contributed by atoms with Crippen molar-refractivity contribution in [3.63, 3.8) is 0 Å². The Kier molecular flexibility index (Phi) is 4.18. The Labute approximate surface area is 121 Å². The third kappa shape index (κ3) is 2.87. The highest BCUT2D eigenvalue weighted by molar-refractivity contribution is 6.32. The second-order valence-electron chi connectivity index (χ2n) is 3.93. The number of nitrogens with zero attached hydrogens (tertiary/aromatic N) is 2. The molecule has 1 aromatic heterocycles. The zero-order valence-electron chi connectivity index (χ0n) is 10.6. The van der Waals surface area contributed by atoms with E-state index in [2.05, 4.69) is 15.6 Å². The Hall–Kier alpha value is -2.58. The predicted molar refractivity (Wildman–Crippen MR) is 77.9 cm³/mol. The van der Waals surface area contributed by atoms with Crippen LogP contribution in [0.3, 0.4) is 0 Å². The molecule has 0 aliphatic carbocycles. The number of halogens is 1. The van der Waals surface area contributed by atoms with E-state index < -0.39 is 0 Å². The molecular weight excluding hydrogens is 276 g/mol. The number of hydrogen-bond acceptors (Lipinski definition) is 4. The summed E-state index contributed by atoms with van der Waals surface area (Å²) in [5.41, 5.74) is 1.99. The molecule has 1 amide bonds. The second kappa shape index (κ2) is 6.04. The Bertz CT molecular complexity index is 694. The fourth-order valence-corrected chi connectivity index (χ4v) is 1.90. The van der Waals surface area contributed by atoms with Gasteiger partial charge in [-0.2, -0.15) is 5.26 Å². The van der Waals surface area contributed by atoms with E-state index in [0.717, 1.165) is 0 Å². The molecule has 0 saturated carbocycles. The summed E-state index contributed by atoms with van der Waals surface area (Å²) in [6.07, 6.45) is 3.08. The highest BCUT2D eigenvalue weighted by atomic mass is 35.5. The minimum Gasteiger partial charge on any atom is -0.387 e. The van der Waals surface area contributed by atoms with E-state index >= 15 is 0 Å². The van der Waals surface area contributed by atoms with Crippen LogP contribution in [-0.2, 0) is 0 Å². The lowest BCUT2D eigenvalue weighted by molar-refractivity contribution is 0.102. The van der Waals surface area contributed by atoms with E-state index in [9.17, 15) is 4.79 Å². The molecular formula is C14H11ClN4O. The summed E-state index contributed by atoms with van der Waals surface area (Å²) in [6, 6.07) is 8.38. The maximum Gasteiger partial charge on any atom is 0.259 e. The number of anilines is 2. The zero-order valence-corrected chi connectivity index (χ0v) is 11.4. The van der Waals surface area contributed by atoms with Crippen molar-refractivity contribution in [2.24, 2.45) is 0 Å². The Balaban J connectivity index is 2.24. The van der Waals surface area contributed by atoms with Gasteiger partial charge in [-0.3, -0.25) is 9.78 Å². The molecule has 0 spiro atoms. The molecule has 0 saturated heterocycles. The third-order valence-corrected chi connectivity index (χ3v) is 3.00. The molecule has 2 N–H and O–H groups in total. The van der Waals surface area contributed by atoms with Crippen LogP contribution in [0.1, 0.15) is 15.9 Å². The van der Waals surface area contributed by atoms with Crippen molar-refractivity contribution in [1.82, 2.24) is 4.98 Å². The summed E-state index contributed by atoms with van der Waals surface area (Å²) < 4.78 is 0. The number of benzene rings is 1. The molecule has 1 heterocycles.